The van der Waals surface area contributed by atoms with Gasteiger partial charge in [-0.25, -0.2) is 0 Å². The Hall–Kier alpha value is -0.770. The van der Waals surface area contributed by atoms with Crippen LogP contribution in [-0.4, -0.2) is 30.4 Å². The lowest BCUT2D eigenvalue weighted by Crippen LogP contribution is -3.00. The summed E-state index contributed by atoms with van der Waals surface area (Å²) in [7, 11) is 0. The minimum absolute atomic E-state index is 0. The van der Waals surface area contributed by atoms with E-state index in [0.29, 0.717) is 19.2 Å². The topological polar surface area (TPSA) is 41.5 Å². The Morgan fingerprint density at radius 3 is 2.37 bits per heavy atom. The first-order valence-corrected chi connectivity index (χ1v) is 6.75. The molecule has 0 fully saturated rings. The van der Waals surface area contributed by atoms with Crippen LogP contribution in [0.2, 0.25) is 0 Å². The van der Waals surface area contributed by atoms with Crippen LogP contribution in [0.25, 0.3) is 0 Å². The first-order chi connectivity index (χ1) is 8.61. The van der Waals surface area contributed by atoms with Crippen molar-refractivity contribution < 1.29 is 22.3 Å². The summed E-state index contributed by atoms with van der Waals surface area (Å²) in [6.07, 6.45) is 1.78. The van der Waals surface area contributed by atoms with Crippen molar-refractivity contribution in [1.82, 2.24) is 5.32 Å². The van der Waals surface area contributed by atoms with E-state index < -0.39 is 6.10 Å². The molecule has 0 aromatic heterocycles. The van der Waals surface area contributed by atoms with Crippen LogP contribution >= 0.6 is 0 Å². The van der Waals surface area contributed by atoms with Gasteiger partial charge in [-0.15, -0.1) is 0 Å². The molecule has 0 heterocycles. The van der Waals surface area contributed by atoms with Crippen molar-refractivity contribution in [2.45, 2.75) is 45.8 Å². The molecule has 0 aliphatic carbocycles. The number of hydrogen-bond donors (Lipinski definition) is 2. The molecule has 0 saturated heterocycles. The molecule has 110 valence electrons. The fourth-order valence-electron chi connectivity index (χ4n) is 1.66. The molecule has 0 bridgehead atoms. The monoisotopic (exact) mass is 286 g/mol. The molecule has 0 spiro atoms. The molecule has 1 atom stereocenters. The number of aliphatic hydroxyl groups excluding tert-OH is 1. The maximum absolute atomic E-state index is 9.71. The second-order valence-corrected chi connectivity index (χ2v) is 4.92. The van der Waals surface area contributed by atoms with E-state index in [-0.39, 0.29) is 12.4 Å². The number of nitrogens with one attached hydrogen (secondary N) is 1. The van der Waals surface area contributed by atoms with E-state index in [1.165, 1.54) is 5.56 Å². The molecule has 1 aromatic carbocycles. The Balaban J connectivity index is 0.00000324. The van der Waals surface area contributed by atoms with Crippen LogP contribution in [0.1, 0.15) is 32.8 Å². The molecule has 1 unspecified atom stereocenters. The molecule has 0 amide bonds. The van der Waals surface area contributed by atoms with Gasteiger partial charge in [-0.1, -0.05) is 39.3 Å². The summed E-state index contributed by atoms with van der Waals surface area (Å²) in [6.45, 7) is 7.17. The number of benzene rings is 1. The number of aryl methyl sites for hydroxylation is 1. The summed E-state index contributed by atoms with van der Waals surface area (Å²) in [6, 6.07) is 8.48. The zero-order valence-electron chi connectivity index (χ0n) is 12.0. The highest BCUT2D eigenvalue weighted by Crippen LogP contribution is 2.13. The van der Waals surface area contributed by atoms with Crippen molar-refractivity contribution >= 4 is 0 Å². The number of halogens is 1. The largest absolute Gasteiger partial charge is 1.00 e. The summed E-state index contributed by atoms with van der Waals surface area (Å²) in [5.74, 6) is 0.818. The van der Waals surface area contributed by atoms with E-state index in [2.05, 4.69) is 38.2 Å². The normalized spacial score (nSPS) is 12.1. The molecule has 2 N–H and O–H groups in total. The van der Waals surface area contributed by atoms with E-state index in [4.69, 9.17) is 4.74 Å². The van der Waals surface area contributed by atoms with Gasteiger partial charge >= 0.3 is 0 Å². The molecule has 3 nitrogen and oxygen atoms in total. The SMILES string of the molecule is CCCc1ccc(OCC(O)CNC(C)C)cc1.[Cl-]. The number of rotatable bonds is 8. The molecular weight excluding hydrogens is 262 g/mol. The molecule has 19 heavy (non-hydrogen) atoms. The van der Waals surface area contributed by atoms with Gasteiger partial charge in [-0.2, -0.15) is 0 Å². The van der Waals surface area contributed by atoms with Crippen LogP contribution in [0, 0.1) is 0 Å². The zero-order valence-corrected chi connectivity index (χ0v) is 12.8. The van der Waals surface area contributed by atoms with Gasteiger partial charge in [0.1, 0.15) is 18.5 Å². The summed E-state index contributed by atoms with van der Waals surface area (Å²) in [5.41, 5.74) is 1.33. The standard InChI is InChI=1S/C15H25NO2.ClH/c1-4-5-13-6-8-15(9-7-13)18-11-14(17)10-16-12(2)3;/h6-9,12,14,16-17H,4-5,10-11H2,1-3H3;1H/p-1. The fourth-order valence-corrected chi connectivity index (χ4v) is 1.66. The second kappa shape index (κ2) is 10.1. The van der Waals surface area contributed by atoms with Crippen molar-refractivity contribution in [1.29, 1.82) is 0 Å². The van der Waals surface area contributed by atoms with Crippen LogP contribution in [0.5, 0.6) is 5.75 Å². The average molecular weight is 287 g/mol. The Kier molecular flexibility index (Phi) is 9.66. The highest BCUT2D eigenvalue weighted by molar-refractivity contribution is 5.27. The Bertz CT molecular complexity index is 327. The summed E-state index contributed by atoms with van der Waals surface area (Å²) in [5, 5.41) is 12.9. The van der Waals surface area contributed by atoms with Crippen molar-refractivity contribution in [3.05, 3.63) is 29.8 Å². The maximum atomic E-state index is 9.71. The van der Waals surface area contributed by atoms with Crippen LogP contribution in [0.3, 0.4) is 0 Å². The summed E-state index contributed by atoms with van der Waals surface area (Å²) in [4.78, 5) is 0. The van der Waals surface area contributed by atoms with E-state index in [1.807, 2.05) is 12.1 Å². The second-order valence-electron chi connectivity index (χ2n) is 4.92. The van der Waals surface area contributed by atoms with Crippen LogP contribution in [0.15, 0.2) is 24.3 Å². The van der Waals surface area contributed by atoms with Gasteiger partial charge in [0, 0.05) is 12.6 Å². The lowest BCUT2D eigenvalue weighted by molar-refractivity contribution is -0.00000578. The molecule has 4 heteroatoms. The third kappa shape index (κ3) is 8.09. The predicted octanol–water partition coefficient (Wildman–Crippen LogP) is -0.619. The average Bonchev–Trinajstić information content (AvgIpc) is 2.36. The summed E-state index contributed by atoms with van der Waals surface area (Å²) >= 11 is 0. The van der Waals surface area contributed by atoms with E-state index in [1.54, 1.807) is 0 Å². The Labute approximate surface area is 122 Å². The van der Waals surface area contributed by atoms with Crippen molar-refractivity contribution in [2.24, 2.45) is 0 Å². The van der Waals surface area contributed by atoms with Gasteiger partial charge < -0.3 is 27.6 Å². The van der Waals surface area contributed by atoms with Gasteiger partial charge in [0.05, 0.1) is 0 Å². The predicted molar refractivity (Wildman–Crippen MR) is 75.1 cm³/mol. The van der Waals surface area contributed by atoms with Crippen LogP contribution in [0.4, 0.5) is 0 Å². The van der Waals surface area contributed by atoms with E-state index >= 15 is 0 Å². The van der Waals surface area contributed by atoms with Crippen molar-refractivity contribution in [2.75, 3.05) is 13.2 Å². The van der Waals surface area contributed by atoms with Crippen LogP contribution < -0.4 is 22.5 Å². The minimum Gasteiger partial charge on any atom is -1.00 e. The van der Waals surface area contributed by atoms with Gasteiger partial charge in [-0.3, -0.25) is 0 Å². The molecule has 0 aliphatic heterocycles. The summed E-state index contributed by atoms with van der Waals surface area (Å²) < 4.78 is 5.54. The molecule has 0 aliphatic rings. The van der Waals surface area contributed by atoms with E-state index in [0.717, 1.165) is 18.6 Å². The number of aliphatic hydroxyl groups is 1. The van der Waals surface area contributed by atoms with Crippen molar-refractivity contribution in [3.63, 3.8) is 0 Å². The molecule has 0 radical (unpaired) electrons. The quantitative estimate of drug-likeness (QED) is 0.669. The minimum atomic E-state index is -0.470. The molecule has 0 saturated carbocycles. The third-order valence-corrected chi connectivity index (χ3v) is 2.67. The lowest BCUT2D eigenvalue weighted by atomic mass is 10.1. The highest BCUT2D eigenvalue weighted by Gasteiger charge is 2.05. The third-order valence-electron chi connectivity index (χ3n) is 2.67. The van der Waals surface area contributed by atoms with E-state index in [9.17, 15) is 5.11 Å². The van der Waals surface area contributed by atoms with Crippen molar-refractivity contribution in [3.8, 4) is 5.75 Å². The first kappa shape index (κ1) is 18.2. The zero-order chi connectivity index (χ0) is 13.4. The molecule has 1 aromatic rings. The smallest absolute Gasteiger partial charge is 0.119 e. The fraction of sp³-hybridized carbons (Fsp3) is 0.600. The lowest BCUT2D eigenvalue weighted by Gasteiger charge is -2.15. The van der Waals surface area contributed by atoms with Gasteiger partial charge in [0.25, 0.3) is 0 Å². The first-order valence-electron chi connectivity index (χ1n) is 6.75. The van der Waals surface area contributed by atoms with Crippen LogP contribution in [-0.2, 0) is 6.42 Å². The Morgan fingerprint density at radius 1 is 1.21 bits per heavy atom. The van der Waals surface area contributed by atoms with Gasteiger partial charge in [-0.05, 0) is 24.1 Å². The Morgan fingerprint density at radius 2 is 1.84 bits per heavy atom. The van der Waals surface area contributed by atoms with Gasteiger partial charge in [0.15, 0.2) is 0 Å². The highest BCUT2D eigenvalue weighted by atomic mass is 35.5. The maximum Gasteiger partial charge on any atom is 0.119 e. The molecule has 1 rings (SSSR count). The van der Waals surface area contributed by atoms with Gasteiger partial charge in [0.2, 0.25) is 0 Å². The number of ether oxygens (including phenoxy) is 1. The number of hydrogen-bond acceptors (Lipinski definition) is 3. The molecular formula is C15H25ClNO2-.